The number of amides is 2. The number of furan rings is 1. The lowest BCUT2D eigenvalue weighted by atomic mass is 10.0. The Kier molecular flexibility index (Phi) is 8.76. The molecule has 8 nitrogen and oxygen atoms in total. The van der Waals surface area contributed by atoms with Crippen LogP contribution in [-0.4, -0.2) is 68.2 Å². The quantitative estimate of drug-likeness (QED) is 0.461. The molecule has 2 N–H and O–H groups in total. The Morgan fingerprint density at radius 3 is 2.50 bits per heavy atom. The number of likely N-dealkylation sites (N-methyl/N-ethyl adjacent to an activating group) is 1. The van der Waals surface area contributed by atoms with E-state index in [-0.39, 0.29) is 12.0 Å². The molecule has 4 rings (SSSR count). The first-order chi connectivity index (χ1) is 17.5. The van der Waals surface area contributed by atoms with Crippen LogP contribution in [0.15, 0.2) is 71.1 Å². The molecule has 1 fully saturated rings. The van der Waals surface area contributed by atoms with Gasteiger partial charge in [0.2, 0.25) is 0 Å². The van der Waals surface area contributed by atoms with Crippen molar-refractivity contribution >= 4 is 17.7 Å². The SMILES string of the molecule is CNCc1ccc(C(=O)N(C)CCN2CCC(OC(=O)Nc3ccccc3-c3ccccc3)CC2)o1. The van der Waals surface area contributed by atoms with Gasteiger partial charge in [0.05, 0.1) is 12.2 Å². The van der Waals surface area contributed by atoms with Gasteiger partial charge in [0.15, 0.2) is 5.76 Å². The number of hydrogen-bond donors (Lipinski definition) is 2. The first-order valence-electron chi connectivity index (χ1n) is 12.4. The van der Waals surface area contributed by atoms with E-state index in [4.69, 9.17) is 9.15 Å². The average Bonchev–Trinajstić information content (AvgIpc) is 3.37. The Balaban J connectivity index is 1.20. The topological polar surface area (TPSA) is 87.0 Å². The Bertz CT molecular complexity index is 1140. The number of rotatable bonds is 9. The molecule has 0 unspecified atom stereocenters. The maximum atomic E-state index is 12.6. The zero-order chi connectivity index (χ0) is 25.3. The van der Waals surface area contributed by atoms with Crippen molar-refractivity contribution in [1.82, 2.24) is 15.1 Å². The average molecular weight is 491 g/mol. The van der Waals surface area contributed by atoms with Gasteiger partial charge in [-0.25, -0.2) is 4.79 Å². The minimum atomic E-state index is -0.432. The van der Waals surface area contributed by atoms with Gasteiger partial charge in [-0.2, -0.15) is 0 Å². The number of benzene rings is 2. The van der Waals surface area contributed by atoms with Crippen molar-refractivity contribution in [3.63, 3.8) is 0 Å². The molecule has 1 aliphatic rings. The Hall–Kier alpha value is -3.62. The van der Waals surface area contributed by atoms with Crippen LogP contribution in [0.1, 0.15) is 29.2 Å². The lowest BCUT2D eigenvalue weighted by molar-refractivity contribution is 0.0534. The number of anilines is 1. The standard InChI is InChI=1S/C28H34N4O4/c1-29-20-23-12-13-26(35-23)27(33)31(2)18-19-32-16-14-22(15-17-32)36-28(34)30-25-11-7-6-10-24(25)21-8-4-3-5-9-21/h3-13,22,29H,14-20H2,1-2H3,(H,30,34). The molecule has 2 amide bonds. The van der Waals surface area contributed by atoms with E-state index in [1.54, 1.807) is 18.0 Å². The van der Waals surface area contributed by atoms with Crippen LogP contribution in [-0.2, 0) is 11.3 Å². The summed E-state index contributed by atoms with van der Waals surface area (Å²) < 4.78 is 11.3. The van der Waals surface area contributed by atoms with Crippen LogP contribution in [0.2, 0.25) is 0 Å². The second-order valence-electron chi connectivity index (χ2n) is 9.01. The number of ether oxygens (including phenoxy) is 1. The normalized spacial score (nSPS) is 14.4. The minimum Gasteiger partial charge on any atom is -0.455 e. The second kappa shape index (κ2) is 12.4. The van der Waals surface area contributed by atoms with Crippen LogP contribution in [0.5, 0.6) is 0 Å². The molecule has 2 aromatic carbocycles. The molecule has 0 atom stereocenters. The molecule has 8 heteroatoms. The van der Waals surface area contributed by atoms with Gasteiger partial charge in [0.1, 0.15) is 11.9 Å². The summed E-state index contributed by atoms with van der Waals surface area (Å²) in [7, 11) is 3.62. The summed E-state index contributed by atoms with van der Waals surface area (Å²) in [6.07, 6.45) is 0.963. The van der Waals surface area contributed by atoms with Gasteiger partial charge < -0.3 is 24.3 Å². The summed E-state index contributed by atoms with van der Waals surface area (Å²) in [4.78, 5) is 29.2. The summed E-state index contributed by atoms with van der Waals surface area (Å²) >= 11 is 0. The first-order valence-corrected chi connectivity index (χ1v) is 12.4. The highest BCUT2D eigenvalue weighted by molar-refractivity contribution is 5.92. The highest BCUT2D eigenvalue weighted by Crippen LogP contribution is 2.28. The molecular formula is C28H34N4O4. The molecule has 2 heterocycles. The molecule has 1 aromatic heterocycles. The van der Waals surface area contributed by atoms with E-state index >= 15 is 0 Å². The molecule has 1 aliphatic heterocycles. The summed E-state index contributed by atoms with van der Waals surface area (Å²) in [6, 6.07) is 21.2. The van der Waals surface area contributed by atoms with Gasteiger partial charge >= 0.3 is 6.09 Å². The fourth-order valence-electron chi connectivity index (χ4n) is 4.35. The van der Waals surface area contributed by atoms with Crippen molar-refractivity contribution in [2.45, 2.75) is 25.5 Å². The third kappa shape index (κ3) is 6.74. The number of hydrogen-bond acceptors (Lipinski definition) is 6. The van der Waals surface area contributed by atoms with Crippen LogP contribution in [0.4, 0.5) is 10.5 Å². The lowest BCUT2D eigenvalue weighted by Gasteiger charge is -2.32. The number of nitrogens with one attached hydrogen (secondary N) is 2. The maximum Gasteiger partial charge on any atom is 0.411 e. The van der Waals surface area contributed by atoms with Crippen LogP contribution < -0.4 is 10.6 Å². The first kappa shape index (κ1) is 25.5. The molecule has 0 saturated carbocycles. The van der Waals surface area contributed by atoms with Crippen molar-refractivity contribution in [2.75, 3.05) is 45.6 Å². The Morgan fingerprint density at radius 1 is 1.03 bits per heavy atom. The van der Waals surface area contributed by atoms with Crippen LogP contribution in [0.3, 0.4) is 0 Å². The monoisotopic (exact) mass is 490 g/mol. The molecule has 3 aromatic rings. The molecule has 0 bridgehead atoms. The van der Waals surface area contributed by atoms with Crippen LogP contribution >= 0.6 is 0 Å². The smallest absolute Gasteiger partial charge is 0.411 e. The van der Waals surface area contributed by atoms with Gasteiger partial charge in [0, 0.05) is 38.8 Å². The lowest BCUT2D eigenvalue weighted by Crippen LogP contribution is -2.42. The Labute approximate surface area is 212 Å². The van der Waals surface area contributed by atoms with Gasteiger partial charge in [-0.3, -0.25) is 10.1 Å². The summed E-state index contributed by atoms with van der Waals surface area (Å²) in [6.45, 7) is 3.58. The number of piperidine rings is 1. The zero-order valence-corrected chi connectivity index (χ0v) is 20.9. The maximum absolute atomic E-state index is 12.6. The zero-order valence-electron chi connectivity index (χ0n) is 20.9. The van der Waals surface area contributed by atoms with Crippen molar-refractivity contribution in [3.8, 4) is 11.1 Å². The van der Waals surface area contributed by atoms with E-state index in [0.29, 0.717) is 18.8 Å². The highest BCUT2D eigenvalue weighted by Gasteiger charge is 2.24. The predicted octanol–water partition coefficient (Wildman–Crippen LogP) is 4.45. The second-order valence-corrected chi connectivity index (χ2v) is 9.01. The summed E-state index contributed by atoms with van der Waals surface area (Å²) in [5, 5.41) is 5.92. The fraction of sp³-hybridized carbons (Fsp3) is 0.357. The van der Waals surface area contributed by atoms with E-state index in [1.807, 2.05) is 67.7 Å². The number of carbonyl (C=O) groups excluding carboxylic acids is 2. The fourth-order valence-corrected chi connectivity index (χ4v) is 4.35. The van der Waals surface area contributed by atoms with Crippen molar-refractivity contribution < 1.29 is 18.7 Å². The summed E-state index contributed by atoms with van der Waals surface area (Å²) in [5.74, 6) is 0.974. The predicted molar refractivity (Wildman–Crippen MR) is 140 cm³/mol. The number of carbonyl (C=O) groups is 2. The van der Waals surface area contributed by atoms with E-state index in [0.717, 1.165) is 55.1 Å². The molecule has 190 valence electrons. The molecule has 0 radical (unpaired) electrons. The van der Waals surface area contributed by atoms with E-state index in [2.05, 4.69) is 15.5 Å². The summed E-state index contributed by atoms with van der Waals surface area (Å²) in [5.41, 5.74) is 2.72. The van der Waals surface area contributed by atoms with Gasteiger partial charge in [-0.1, -0.05) is 48.5 Å². The molecule has 1 saturated heterocycles. The molecule has 36 heavy (non-hydrogen) atoms. The number of likely N-dealkylation sites (tertiary alicyclic amines) is 1. The highest BCUT2D eigenvalue weighted by atomic mass is 16.6. The van der Waals surface area contributed by atoms with Crippen molar-refractivity contribution in [1.29, 1.82) is 0 Å². The molecular weight excluding hydrogens is 456 g/mol. The molecule has 0 aliphatic carbocycles. The van der Waals surface area contributed by atoms with E-state index in [1.165, 1.54) is 0 Å². The van der Waals surface area contributed by atoms with E-state index in [9.17, 15) is 9.59 Å². The van der Waals surface area contributed by atoms with E-state index < -0.39 is 6.09 Å². The molecule has 0 spiro atoms. The largest absolute Gasteiger partial charge is 0.455 e. The van der Waals surface area contributed by atoms with Crippen LogP contribution in [0.25, 0.3) is 11.1 Å². The minimum absolute atomic E-state index is 0.122. The Morgan fingerprint density at radius 2 is 1.75 bits per heavy atom. The number of para-hydroxylation sites is 1. The third-order valence-corrected chi connectivity index (χ3v) is 6.38. The number of nitrogens with zero attached hydrogens (tertiary/aromatic N) is 2. The van der Waals surface area contributed by atoms with Gasteiger partial charge in [-0.05, 0) is 43.7 Å². The van der Waals surface area contributed by atoms with Crippen LogP contribution in [0, 0.1) is 0 Å². The van der Waals surface area contributed by atoms with Crippen molar-refractivity contribution in [2.24, 2.45) is 0 Å². The van der Waals surface area contributed by atoms with Crippen molar-refractivity contribution in [3.05, 3.63) is 78.3 Å². The third-order valence-electron chi connectivity index (χ3n) is 6.38. The van der Waals surface area contributed by atoms with Gasteiger partial charge in [-0.15, -0.1) is 0 Å². The van der Waals surface area contributed by atoms with Gasteiger partial charge in [0.25, 0.3) is 5.91 Å².